The van der Waals surface area contributed by atoms with Crippen molar-refractivity contribution in [3.05, 3.63) is 47.4 Å². The van der Waals surface area contributed by atoms with Crippen LogP contribution in [0.3, 0.4) is 0 Å². The second kappa shape index (κ2) is 8.13. The Bertz CT molecular complexity index is 1210. The third-order valence-corrected chi connectivity index (χ3v) is 8.92. The molecule has 7 heteroatoms. The number of benzene rings is 1. The van der Waals surface area contributed by atoms with Gasteiger partial charge in [0.2, 0.25) is 0 Å². The van der Waals surface area contributed by atoms with E-state index in [4.69, 9.17) is 10.1 Å². The number of pyridine rings is 1. The fourth-order valence-corrected chi connectivity index (χ4v) is 6.78. The van der Waals surface area contributed by atoms with E-state index in [1.54, 1.807) is 12.1 Å². The first kappa shape index (κ1) is 21.2. The van der Waals surface area contributed by atoms with Crippen molar-refractivity contribution in [1.29, 1.82) is 0 Å². The largest absolute Gasteiger partial charge is 0.481 e. The normalized spacial score (nSPS) is 21.2. The van der Waals surface area contributed by atoms with Gasteiger partial charge < -0.3 is 5.11 Å². The van der Waals surface area contributed by atoms with Gasteiger partial charge in [0.25, 0.3) is 0 Å². The number of likely N-dealkylation sites (tertiary alicyclic amines) is 1. The Kier molecular flexibility index (Phi) is 5.22. The van der Waals surface area contributed by atoms with Gasteiger partial charge in [-0.25, -0.2) is 14.4 Å². The van der Waals surface area contributed by atoms with E-state index in [0.29, 0.717) is 30.2 Å². The number of carbonyl (C=O) groups is 1. The molecular formula is C26H28FN3O2S. The van der Waals surface area contributed by atoms with Gasteiger partial charge in [-0.15, -0.1) is 0 Å². The van der Waals surface area contributed by atoms with Crippen LogP contribution in [0.1, 0.15) is 56.2 Å². The summed E-state index contributed by atoms with van der Waals surface area (Å²) in [4.78, 5) is 23.6. The second-order valence-corrected chi connectivity index (χ2v) is 11.1. The number of carboxylic acids is 1. The average molecular weight is 466 g/mol. The first-order valence-electron chi connectivity index (χ1n) is 12.0. The number of carboxylic acid groups (broad SMARTS) is 1. The lowest BCUT2D eigenvalue weighted by Crippen LogP contribution is -2.49. The van der Waals surface area contributed by atoms with Gasteiger partial charge in [-0.2, -0.15) is 0 Å². The number of thiazole rings is 1. The van der Waals surface area contributed by atoms with Crippen molar-refractivity contribution in [3.8, 4) is 10.6 Å². The Balaban J connectivity index is 1.22. The van der Waals surface area contributed by atoms with Crippen LogP contribution < -0.4 is 0 Å². The molecule has 3 fully saturated rings. The highest BCUT2D eigenvalue weighted by molar-refractivity contribution is 7.21. The highest BCUT2D eigenvalue weighted by atomic mass is 32.1. The third-order valence-electron chi connectivity index (χ3n) is 7.92. The SMILES string of the molecule is O=C(O)C1CN(Cc2ccc(-c3nc4ccc(C5(C6CCCCC6)CC5)nc4s3)c(F)c2)C1. The van der Waals surface area contributed by atoms with Gasteiger partial charge in [-0.1, -0.05) is 36.7 Å². The minimum Gasteiger partial charge on any atom is -0.481 e. The van der Waals surface area contributed by atoms with E-state index in [9.17, 15) is 9.18 Å². The van der Waals surface area contributed by atoms with Crippen molar-refractivity contribution < 1.29 is 14.3 Å². The third kappa shape index (κ3) is 3.85. The zero-order chi connectivity index (χ0) is 22.6. The molecule has 2 aromatic heterocycles. The summed E-state index contributed by atoms with van der Waals surface area (Å²) < 4.78 is 15.0. The maximum atomic E-state index is 15.0. The molecule has 2 saturated carbocycles. The Morgan fingerprint density at radius 3 is 2.61 bits per heavy atom. The Morgan fingerprint density at radius 1 is 1.12 bits per heavy atom. The molecule has 3 aliphatic rings. The van der Waals surface area contributed by atoms with Crippen molar-refractivity contribution in [2.45, 2.75) is 56.9 Å². The lowest BCUT2D eigenvalue weighted by molar-refractivity contribution is -0.147. The Hall–Kier alpha value is -2.38. The van der Waals surface area contributed by atoms with Crippen LogP contribution in [0, 0.1) is 17.7 Å². The first-order valence-corrected chi connectivity index (χ1v) is 12.9. The smallest absolute Gasteiger partial charge is 0.309 e. The number of aromatic nitrogens is 2. The van der Waals surface area contributed by atoms with Crippen LogP contribution in [0.15, 0.2) is 30.3 Å². The van der Waals surface area contributed by atoms with Crippen LogP contribution >= 0.6 is 11.3 Å². The molecular weight excluding hydrogens is 437 g/mol. The van der Waals surface area contributed by atoms with Crippen molar-refractivity contribution in [2.75, 3.05) is 13.1 Å². The summed E-state index contributed by atoms with van der Waals surface area (Å²) in [6, 6.07) is 9.48. The lowest BCUT2D eigenvalue weighted by atomic mass is 9.76. The summed E-state index contributed by atoms with van der Waals surface area (Å²) in [5.41, 5.74) is 3.67. The molecule has 3 heterocycles. The zero-order valence-corrected chi connectivity index (χ0v) is 19.4. The molecule has 33 heavy (non-hydrogen) atoms. The minimum atomic E-state index is -0.758. The monoisotopic (exact) mass is 465 g/mol. The van der Waals surface area contributed by atoms with Crippen molar-refractivity contribution in [1.82, 2.24) is 14.9 Å². The fourth-order valence-electron chi connectivity index (χ4n) is 5.82. The van der Waals surface area contributed by atoms with Crippen LogP contribution in [0.4, 0.5) is 4.39 Å². The lowest BCUT2D eigenvalue weighted by Gasteiger charge is -2.36. The van der Waals surface area contributed by atoms with Gasteiger partial charge in [-0.05, 0) is 61.4 Å². The summed E-state index contributed by atoms with van der Waals surface area (Å²) in [6.07, 6.45) is 9.16. The number of nitrogens with zero attached hydrogens (tertiary/aromatic N) is 3. The molecule has 1 aromatic carbocycles. The van der Waals surface area contributed by atoms with E-state index >= 15 is 0 Å². The number of fused-ring (bicyclic) bond motifs is 1. The maximum Gasteiger partial charge on any atom is 0.309 e. The maximum absolute atomic E-state index is 15.0. The van der Waals surface area contributed by atoms with Crippen molar-refractivity contribution >= 4 is 27.7 Å². The molecule has 0 radical (unpaired) electrons. The molecule has 1 N–H and O–H groups in total. The summed E-state index contributed by atoms with van der Waals surface area (Å²) in [5.74, 6) is -0.595. The van der Waals surface area contributed by atoms with Gasteiger partial charge in [0, 0.05) is 36.3 Å². The molecule has 5 nitrogen and oxygen atoms in total. The van der Waals surface area contributed by atoms with Crippen LogP contribution in [0.5, 0.6) is 0 Å². The average Bonchev–Trinajstić information content (AvgIpc) is 3.49. The van der Waals surface area contributed by atoms with Crippen LogP contribution in [0.25, 0.3) is 20.9 Å². The van der Waals surface area contributed by atoms with E-state index in [0.717, 1.165) is 21.8 Å². The fraction of sp³-hybridized carbons (Fsp3) is 0.500. The van der Waals surface area contributed by atoms with Gasteiger partial charge >= 0.3 is 5.97 Å². The molecule has 3 aromatic rings. The minimum absolute atomic E-state index is 0.266. The van der Waals surface area contributed by atoms with E-state index in [-0.39, 0.29) is 17.2 Å². The Morgan fingerprint density at radius 2 is 1.91 bits per heavy atom. The number of hydrogen-bond acceptors (Lipinski definition) is 5. The van der Waals surface area contributed by atoms with E-state index in [1.165, 1.54) is 62.0 Å². The molecule has 0 atom stereocenters. The standard InChI is InChI=1S/C26H28FN3O2S/c27-20-12-16(13-30-14-17(15-30)25(31)32)6-7-19(20)23-28-21-8-9-22(29-24(21)33-23)26(10-11-26)18-4-2-1-3-5-18/h6-9,12,17-18H,1-5,10-11,13-15H2,(H,31,32). The summed E-state index contributed by atoms with van der Waals surface area (Å²) in [7, 11) is 0. The zero-order valence-electron chi connectivity index (χ0n) is 18.6. The molecule has 0 amide bonds. The molecule has 1 aliphatic heterocycles. The quantitative estimate of drug-likeness (QED) is 0.511. The van der Waals surface area contributed by atoms with Crippen molar-refractivity contribution in [3.63, 3.8) is 0 Å². The summed E-state index contributed by atoms with van der Waals surface area (Å²) >= 11 is 1.47. The van der Waals surface area contributed by atoms with Crippen LogP contribution in [-0.2, 0) is 16.8 Å². The number of hydrogen-bond donors (Lipinski definition) is 1. The number of rotatable bonds is 6. The van der Waals surface area contributed by atoms with Crippen LogP contribution in [0.2, 0.25) is 0 Å². The molecule has 0 unspecified atom stereocenters. The molecule has 0 bridgehead atoms. The predicted octanol–water partition coefficient (Wildman–Crippen LogP) is 5.63. The molecule has 0 spiro atoms. The number of aliphatic carboxylic acids is 1. The predicted molar refractivity (Wildman–Crippen MR) is 127 cm³/mol. The highest BCUT2D eigenvalue weighted by Gasteiger charge is 2.51. The van der Waals surface area contributed by atoms with Gasteiger partial charge in [0.05, 0.1) is 5.92 Å². The molecule has 2 aliphatic carbocycles. The second-order valence-electron chi connectivity index (χ2n) is 10.1. The summed E-state index contributed by atoms with van der Waals surface area (Å²) in [5, 5.41) is 9.68. The number of halogens is 1. The highest BCUT2D eigenvalue weighted by Crippen LogP contribution is 2.57. The first-order chi connectivity index (χ1) is 16.0. The van der Waals surface area contributed by atoms with E-state index < -0.39 is 5.97 Å². The molecule has 172 valence electrons. The van der Waals surface area contributed by atoms with Gasteiger partial charge in [0.15, 0.2) is 0 Å². The van der Waals surface area contributed by atoms with Gasteiger partial charge in [-0.3, -0.25) is 9.69 Å². The molecule has 1 saturated heterocycles. The molecule has 6 rings (SSSR count). The van der Waals surface area contributed by atoms with Crippen molar-refractivity contribution in [2.24, 2.45) is 11.8 Å². The van der Waals surface area contributed by atoms with E-state index in [1.807, 2.05) is 11.0 Å². The summed E-state index contributed by atoms with van der Waals surface area (Å²) in [6.45, 7) is 1.61. The Labute approximate surface area is 196 Å². The topological polar surface area (TPSA) is 66.3 Å². The van der Waals surface area contributed by atoms with Crippen LogP contribution in [-0.4, -0.2) is 39.0 Å². The van der Waals surface area contributed by atoms with E-state index in [2.05, 4.69) is 17.1 Å². The van der Waals surface area contributed by atoms with Gasteiger partial charge in [0.1, 0.15) is 21.2 Å².